The molecular formula is C29H32N4O9S. The van der Waals surface area contributed by atoms with E-state index in [4.69, 9.17) is 14.2 Å². The summed E-state index contributed by atoms with van der Waals surface area (Å²) in [4.78, 5) is 51.4. The number of carbonyl (C=O) groups excluding carboxylic acids is 4. The highest BCUT2D eigenvalue weighted by atomic mass is 32.2. The molecule has 3 aromatic rings. The van der Waals surface area contributed by atoms with Gasteiger partial charge in [-0.25, -0.2) is 22.9 Å². The number of benzene rings is 2. The highest BCUT2D eigenvalue weighted by Gasteiger charge is 2.19. The molecule has 14 heteroatoms. The van der Waals surface area contributed by atoms with Gasteiger partial charge in [0.15, 0.2) is 6.61 Å². The van der Waals surface area contributed by atoms with Gasteiger partial charge in [-0.15, -0.1) is 0 Å². The van der Waals surface area contributed by atoms with Gasteiger partial charge in [-0.3, -0.25) is 14.4 Å². The third-order valence-electron chi connectivity index (χ3n) is 5.59. The molecule has 0 fully saturated rings. The smallest absolute Gasteiger partial charge is 0.414 e. The summed E-state index contributed by atoms with van der Waals surface area (Å²) in [5.74, 6) is -1.44. The van der Waals surface area contributed by atoms with Gasteiger partial charge in [-0.2, -0.15) is 0 Å². The number of esters is 1. The lowest BCUT2D eigenvalue weighted by Crippen LogP contribution is -2.31. The van der Waals surface area contributed by atoms with E-state index in [0.717, 1.165) is 11.8 Å². The molecule has 3 rings (SSSR count). The fourth-order valence-corrected chi connectivity index (χ4v) is 4.29. The van der Waals surface area contributed by atoms with Crippen molar-refractivity contribution in [3.63, 3.8) is 0 Å². The number of aromatic nitrogens is 1. The van der Waals surface area contributed by atoms with Crippen LogP contribution in [0.5, 0.6) is 11.6 Å². The molecule has 0 saturated carbocycles. The van der Waals surface area contributed by atoms with Crippen molar-refractivity contribution in [1.82, 2.24) is 20.3 Å². The first-order valence-electron chi connectivity index (χ1n) is 13.2. The number of nitrogens with one attached hydrogen (secondary N) is 3. The number of rotatable bonds is 14. The number of amides is 3. The van der Waals surface area contributed by atoms with Crippen molar-refractivity contribution >= 4 is 33.9 Å². The Morgan fingerprint density at radius 2 is 1.60 bits per heavy atom. The van der Waals surface area contributed by atoms with E-state index in [1.54, 1.807) is 50.2 Å². The van der Waals surface area contributed by atoms with Crippen LogP contribution >= 0.6 is 0 Å². The molecular weight excluding hydrogens is 580 g/mol. The van der Waals surface area contributed by atoms with E-state index in [1.165, 1.54) is 24.3 Å². The molecule has 0 radical (unpaired) electrons. The van der Waals surface area contributed by atoms with Gasteiger partial charge in [-0.1, -0.05) is 44.2 Å². The molecule has 0 aliphatic heterocycles. The number of nitrogens with zero attached hydrogens (tertiary/aromatic N) is 1. The highest BCUT2D eigenvalue weighted by molar-refractivity contribution is 7.90. The summed E-state index contributed by atoms with van der Waals surface area (Å²) < 4.78 is 42.7. The topological polar surface area (TPSA) is 179 Å². The summed E-state index contributed by atoms with van der Waals surface area (Å²) in [7, 11) is -4.19. The summed E-state index contributed by atoms with van der Waals surface area (Å²) in [5.41, 5.74) is 0.690. The van der Waals surface area contributed by atoms with Gasteiger partial charge in [0.05, 0.1) is 22.9 Å². The molecule has 3 N–H and O–H groups in total. The van der Waals surface area contributed by atoms with Crippen molar-refractivity contribution in [2.24, 2.45) is 5.92 Å². The van der Waals surface area contributed by atoms with Crippen molar-refractivity contribution in [2.75, 3.05) is 26.3 Å². The zero-order chi connectivity index (χ0) is 31.2. The molecule has 0 aliphatic carbocycles. The van der Waals surface area contributed by atoms with Gasteiger partial charge in [0, 0.05) is 18.8 Å². The maximum absolute atomic E-state index is 12.7. The minimum absolute atomic E-state index is 0.0256. The average Bonchev–Trinajstić information content (AvgIpc) is 2.99. The predicted molar refractivity (Wildman–Crippen MR) is 154 cm³/mol. The Morgan fingerprint density at radius 3 is 2.26 bits per heavy atom. The maximum atomic E-state index is 12.7. The van der Waals surface area contributed by atoms with E-state index in [2.05, 4.69) is 15.6 Å². The molecule has 0 aliphatic rings. The fourth-order valence-electron chi connectivity index (χ4n) is 3.32. The van der Waals surface area contributed by atoms with Crippen molar-refractivity contribution in [3.05, 3.63) is 84.1 Å². The lowest BCUT2D eigenvalue weighted by Gasteiger charge is -2.10. The zero-order valence-corrected chi connectivity index (χ0v) is 24.4. The van der Waals surface area contributed by atoms with Gasteiger partial charge in [0.2, 0.25) is 5.88 Å². The maximum Gasteiger partial charge on any atom is 0.414 e. The van der Waals surface area contributed by atoms with Crippen LogP contribution in [-0.2, 0) is 30.8 Å². The first-order valence-corrected chi connectivity index (χ1v) is 14.7. The number of para-hydroxylation sites is 1. The normalized spacial score (nSPS) is 10.9. The Labute approximate surface area is 249 Å². The van der Waals surface area contributed by atoms with E-state index in [9.17, 15) is 27.6 Å². The Bertz CT molecular complexity index is 1500. The van der Waals surface area contributed by atoms with Crippen LogP contribution in [-0.4, -0.2) is 63.6 Å². The Morgan fingerprint density at radius 1 is 0.884 bits per heavy atom. The van der Waals surface area contributed by atoms with Crippen LogP contribution in [0.3, 0.4) is 0 Å². The van der Waals surface area contributed by atoms with Crippen LogP contribution in [0.25, 0.3) is 0 Å². The molecule has 2 aromatic carbocycles. The number of ether oxygens (including phenoxy) is 3. The summed E-state index contributed by atoms with van der Waals surface area (Å²) in [6.07, 6.45) is 0.656. The quantitative estimate of drug-likeness (QED) is 0.181. The largest absolute Gasteiger partial charge is 0.484 e. The highest BCUT2D eigenvalue weighted by Crippen LogP contribution is 2.13. The second-order valence-corrected chi connectivity index (χ2v) is 11.0. The van der Waals surface area contributed by atoms with Crippen LogP contribution in [0.2, 0.25) is 0 Å². The molecule has 228 valence electrons. The molecule has 13 nitrogen and oxygen atoms in total. The second-order valence-electron chi connectivity index (χ2n) is 9.30. The monoisotopic (exact) mass is 612 g/mol. The molecule has 0 saturated heterocycles. The molecule has 43 heavy (non-hydrogen) atoms. The number of hydrogen-bond acceptors (Lipinski definition) is 10. The Hall–Kier alpha value is -4.98. The van der Waals surface area contributed by atoms with Crippen LogP contribution in [0.1, 0.15) is 29.8 Å². The Kier molecular flexibility index (Phi) is 12.0. The van der Waals surface area contributed by atoms with E-state index in [1.807, 2.05) is 10.8 Å². The van der Waals surface area contributed by atoms with Crippen molar-refractivity contribution < 1.29 is 41.8 Å². The average molecular weight is 613 g/mol. The summed E-state index contributed by atoms with van der Waals surface area (Å²) in [6.45, 7) is 3.56. The molecule has 0 spiro atoms. The third kappa shape index (κ3) is 11.1. The lowest BCUT2D eigenvalue weighted by atomic mass is 10.1. The summed E-state index contributed by atoms with van der Waals surface area (Å²) >= 11 is 0. The van der Waals surface area contributed by atoms with Gasteiger partial charge in [-0.05, 0) is 42.3 Å². The van der Waals surface area contributed by atoms with E-state index in [0.29, 0.717) is 18.7 Å². The van der Waals surface area contributed by atoms with E-state index >= 15 is 0 Å². The number of sulfonamides is 1. The molecule has 3 amide bonds. The van der Waals surface area contributed by atoms with Crippen molar-refractivity contribution in [3.8, 4) is 11.6 Å². The first-order chi connectivity index (χ1) is 20.5. The van der Waals surface area contributed by atoms with Gasteiger partial charge in [0.1, 0.15) is 12.4 Å². The molecule has 1 aromatic heterocycles. The van der Waals surface area contributed by atoms with Gasteiger partial charge in [0.25, 0.3) is 21.8 Å². The van der Waals surface area contributed by atoms with Crippen LogP contribution in [0.4, 0.5) is 4.79 Å². The van der Waals surface area contributed by atoms with E-state index in [-0.39, 0.29) is 47.9 Å². The first kappa shape index (κ1) is 32.5. The third-order valence-corrected chi connectivity index (χ3v) is 6.94. The van der Waals surface area contributed by atoms with Gasteiger partial charge >= 0.3 is 12.1 Å². The van der Waals surface area contributed by atoms with Crippen LogP contribution in [0, 0.1) is 5.92 Å². The minimum Gasteiger partial charge on any atom is -0.484 e. The van der Waals surface area contributed by atoms with Crippen molar-refractivity contribution in [2.45, 2.75) is 25.2 Å². The standard InChI is InChI=1S/C29H32N4O9S/c1-20(2)28(36)40-17-16-31-29(37)42-26-13-10-22(18-32-26)27(35)33-43(38,39)24-11-8-21(9-12-24)14-15-30-25(34)19-41-23-6-4-3-5-7-23/h3-13,18,20H,14-17,19H2,1-2H3,(H,30,34)(H,31,37)(H,33,35). The predicted octanol–water partition coefficient (Wildman–Crippen LogP) is 2.23. The fraction of sp³-hybridized carbons (Fsp3) is 0.276. The molecule has 0 unspecified atom stereocenters. The van der Waals surface area contributed by atoms with Crippen LogP contribution < -0.4 is 24.8 Å². The Balaban J connectivity index is 1.41. The van der Waals surface area contributed by atoms with Crippen molar-refractivity contribution in [1.29, 1.82) is 0 Å². The van der Waals surface area contributed by atoms with E-state index < -0.39 is 28.0 Å². The zero-order valence-electron chi connectivity index (χ0n) is 23.6. The number of hydrogen-bond donors (Lipinski definition) is 3. The second kappa shape index (κ2) is 15.9. The summed E-state index contributed by atoms with van der Waals surface area (Å²) in [5, 5.41) is 5.11. The van der Waals surface area contributed by atoms with Crippen LogP contribution in [0.15, 0.2) is 77.8 Å². The minimum atomic E-state index is -4.19. The molecule has 0 bridgehead atoms. The van der Waals surface area contributed by atoms with Gasteiger partial charge < -0.3 is 24.8 Å². The summed E-state index contributed by atoms with van der Waals surface area (Å²) in [6, 6.07) is 17.3. The number of pyridine rings is 1. The number of carbonyl (C=O) groups is 4. The SMILES string of the molecule is CC(C)C(=O)OCCNC(=O)Oc1ccc(C(=O)NS(=O)(=O)c2ccc(CCNC(=O)COc3ccccc3)cc2)cn1. The molecule has 0 atom stereocenters. The lowest BCUT2D eigenvalue weighted by molar-refractivity contribution is -0.147. The molecule has 1 heterocycles.